The highest BCUT2D eigenvalue weighted by Crippen LogP contribution is 2.41. The van der Waals surface area contributed by atoms with Crippen molar-refractivity contribution in [2.45, 2.75) is 69.0 Å². The Labute approximate surface area is 169 Å². The van der Waals surface area contributed by atoms with Crippen molar-refractivity contribution in [1.82, 2.24) is 5.32 Å². The second-order valence-electron chi connectivity index (χ2n) is 8.25. The number of thiocarbonyl (C=S) groups is 1. The molecule has 0 unspecified atom stereocenters. The molecule has 0 aliphatic carbocycles. The average molecular weight is 440 g/mol. The summed E-state index contributed by atoms with van der Waals surface area (Å²) >= 11 is 8.68. The lowest BCUT2D eigenvalue weighted by Crippen LogP contribution is -2.62. The van der Waals surface area contributed by atoms with Crippen molar-refractivity contribution in [3.63, 3.8) is 0 Å². The Morgan fingerprint density at radius 3 is 2.52 bits per heavy atom. The van der Waals surface area contributed by atoms with Gasteiger partial charge in [0.2, 0.25) is 5.91 Å². The monoisotopic (exact) mass is 439 g/mol. The van der Waals surface area contributed by atoms with Crippen molar-refractivity contribution in [3.8, 4) is 0 Å². The molecule has 0 bridgehead atoms. The molecule has 0 saturated carbocycles. The van der Waals surface area contributed by atoms with Gasteiger partial charge in [-0.2, -0.15) is 0 Å². The zero-order chi connectivity index (χ0) is 19.0. The fourth-order valence-electron chi connectivity index (χ4n) is 2.64. The van der Waals surface area contributed by atoms with Crippen molar-refractivity contribution in [2.24, 2.45) is 5.92 Å². The summed E-state index contributed by atoms with van der Waals surface area (Å²) < 4.78 is 18.7. The van der Waals surface area contributed by atoms with E-state index in [4.69, 9.17) is 16.6 Å². The second kappa shape index (κ2) is 8.30. The van der Waals surface area contributed by atoms with E-state index in [1.54, 1.807) is 23.5 Å². The van der Waals surface area contributed by atoms with Crippen LogP contribution in [0.3, 0.4) is 0 Å². The number of rotatable bonds is 5. The van der Waals surface area contributed by atoms with Crippen molar-refractivity contribution < 1.29 is 13.4 Å². The first-order valence-electron chi connectivity index (χ1n) is 8.61. The van der Waals surface area contributed by atoms with Gasteiger partial charge in [-0.3, -0.25) is 9.00 Å². The molecule has 9 heteroatoms. The molecule has 2 fully saturated rings. The highest BCUT2D eigenvalue weighted by Gasteiger charge is 2.48. The van der Waals surface area contributed by atoms with Gasteiger partial charge in [-0.1, -0.05) is 44.8 Å². The van der Waals surface area contributed by atoms with Gasteiger partial charge in [-0.25, -0.2) is 0 Å². The molecule has 144 valence electrons. The maximum Gasteiger partial charge on any atom is 0.229 e. The number of nitrogens with one attached hydrogen (secondary N) is 1. The van der Waals surface area contributed by atoms with E-state index in [9.17, 15) is 9.00 Å². The van der Waals surface area contributed by atoms with Crippen LogP contribution in [0.15, 0.2) is 0 Å². The summed E-state index contributed by atoms with van der Waals surface area (Å²) in [6.45, 7) is 13.0. The minimum Gasteiger partial charge on any atom is -0.413 e. The molecule has 2 saturated heterocycles. The molecule has 1 N–H and O–H groups in total. The summed E-state index contributed by atoms with van der Waals surface area (Å²) in [6.07, 6.45) is 0.850. The van der Waals surface area contributed by atoms with Crippen LogP contribution in [-0.2, 0) is 20.0 Å². The fourth-order valence-corrected chi connectivity index (χ4v) is 9.29. The molecule has 2 aliphatic heterocycles. The van der Waals surface area contributed by atoms with Crippen molar-refractivity contribution in [3.05, 3.63) is 0 Å². The van der Waals surface area contributed by atoms with Crippen molar-refractivity contribution in [1.29, 1.82) is 0 Å². The molecule has 2 aliphatic rings. The van der Waals surface area contributed by atoms with E-state index < -0.39 is 19.1 Å². The molecule has 2 heterocycles. The normalized spacial score (nSPS) is 31.4. The lowest BCUT2D eigenvalue weighted by atomic mass is 9.96. The fraction of sp³-hybridized carbons (Fsp3) is 0.875. The van der Waals surface area contributed by atoms with E-state index in [0.29, 0.717) is 5.25 Å². The van der Waals surface area contributed by atoms with Gasteiger partial charge in [0.05, 0.1) is 17.4 Å². The van der Waals surface area contributed by atoms with Crippen molar-refractivity contribution >= 4 is 64.3 Å². The standard InChI is InChI=1S/C16H29NO3S4Si/c1-10(20-25(5,6)16(2,3)4)12-13(18)17-14(12)23-15(21)22-11-7-8-24(19)9-11/h10-12,14H,7-9H2,1-6H3,(H,17,18)/t10-,11-,12+,14-,24+/m1/s1. The summed E-state index contributed by atoms with van der Waals surface area (Å²) in [5, 5.41) is 3.42. The number of hydrogen-bond acceptors (Lipinski definition) is 6. The van der Waals surface area contributed by atoms with Crippen LogP contribution >= 0.6 is 35.7 Å². The summed E-state index contributed by atoms with van der Waals surface area (Å²) in [5.41, 5.74) is 0. The Morgan fingerprint density at radius 1 is 1.40 bits per heavy atom. The summed E-state index contributed by atoms with van der Waals surface area (Å²) in [6, 6.07) is 0. The summed E-state index contributed by atoms with van der Waals surface area (Å²) in [7, 11) is -2.60. The largest absolute Gasteiger partial charge is 0.413 e. The molecule has 25 heavy (non-hydrogen) atoms. The van der Waals surface area contributed by atoms with E-state index in [0.717, 1.165) is 21.5 Å². The van der Waals surface area contributed by atoms with Crippen LogP contribution < -0.4 is 5.32 Å². The molecule has 0 spiro atoms. The van der Waals surface area contributed by atoms with Gasteiger partial charge in [0.15, 0.2) is 8.32 Å². The molecule has 0 aromatic carbocycles. The third-order valence-corrected chi connectivity index (χ3v) is 14.4. The SMILES string of the molecule is C[C@@H](O[Si](C)(C)C(C)(C)C)[C@H]1C(=O)N[C@@H]1SC(=S)S[C@@H]1CC[S@](=O)C1. The van der Waals surface area contributed by atoms with Crippen molar-refractivity contribution in [2.75, 3.05) is 11.5 Å². The highest BCUT2D eigenvalue weighted by molar-refractivity contribution is 8.47. The smallest absolute Gasteiger partial charge is 0.229 e. The van der Waals surface area contributed by atoms with Crippen LogP contribution in [-0.4, -0.2) is 50.2 Å². The number of amides is 1. The topological polar surface area (TPSA) is 55.4 Å². The molecule has 1 amide bonds. The third-order valence-electron chi connectivity index (χ3n) is 5.23. The second-order valence-corrected chi connectivity index (χ2v) is 18.3. The molecular formula is C16H29NO3S4Si. The van der Waals surface area contributed by atoms with Crippen LogP contribution in [0.4, 0.5) is 0 Å². The first-order valence-corrected chi connectivity index (χ1v) is 15.2. The number of β-lactam (4-membered cyclic amide) rings is 1. The van der Waals surface area contributed by atoms with Gasteiger partial charge in [0.25, 0.3) is 0 Å². The van der Waals surface area contributed by atoms with E-state index in [1.807, 2.05) is 6.92 Å². The summed E-state index contributed by atoms with van der Waals surface area (Å²) in [5.74, 6) is 1.41. The van der Waals surface area contributed by atoms with E-state index >= 15 is 0 Å². The van der Waals surface area contributed by atoms with Crippen LogP contribution in [0, 0.1) is 5.92 Å². The Balaban J connectivity index is 1.89. The van der Waals surface area contributed by atoms with E-state index in [1.165, 1.54) is 0 Å². The highest BCUT2D eigenvalue weighted by atomic mass is 32.2. The quantitative estimate of drug-likeness (QED) is 0.400. The Morgan fingerprint density at radius 2 is 2.04 bits per heavy atom. The minimum absolute atomic E-state index is 0.0147. The predicted octanol–water partition coefficient (Wildman–Crippen LogP) is 3.74. The van der Waals surface area contributed by atoms with Crippen LogP contribution in [0.25, 0.3) is 0 Å². The lowest BCUT2D eigenvalue weighted by Gasteiger charge is -2.45. The van der Waals surface area contributed by atoms with Crippen LogP contribution in [0.5, 0.6) is 0 Å². The Hall–Kier alpha value is 0.587. The summed E-state index contributed by atoms with van der Waals surface area (Å²) in [4.78, 5) is 12.1. The van der Waals surface area contributed by atoms with Crippen LogP contribution in [0.1, 0.15) is 34.1 Å². The number of carbonyl (C=O) groups excluding carboxylic acids is 1. The first kappa shape index (κ1) is 21.9. The zero-order valence-corrected chi connectivity index (χ0v) is 20.1. The molecule has 0 aromatic rings. The molecule has 0 radical (unpaired) electrons. The number of carbonyl (C=O) groups is 1. The Bertz CT molecular complexity index is 564. The first-order chi connectivity index (χ1) is 11.4. The molecule has 2 rings (SSSR count). The number of hydrogen-bond donors (Lipinski definition) is 1. The third kappa shape index (κ3) is 5.54. The average Bonchev–Trinajstić information content (AvgIpc) is 2.80. The zero-order valence-electron chi connectivity index (χ0n) is 15.8. The Kier molecular flexibility index (Phi) is 7.27. The van der Waals surface area contributed by atoms with Gasteiger partial charge in [0, 0.05) is 27.6 Å². The van der Waals surface area contributed by atoms with Gasteiger partial charge >= 0.3 is 0 Å². The van der Waals surface area contributed by atoms with Gasteiger partial charge in [-0.15, -0.1) is 11.8 Å². The van der Waals surface area contributed by atoms with Gasteiger partial charge in [-0.05, 0) is 31.5 Å². The van der Waals surface area contributed by atoms with E-state index in [-0.39, 0.29) is 28.3 Å². The minimum atomic E-state index is -1.91. The lowest BCUT2D eigenvalue weighted by molar-refractivity contribution is -0.136. The predicted molar refractivity (Wildman–Crippen MR) is 117 cm³/mol. The maximum atomic E-state index is 12.1. The van der Waals surface area contributed by atoms with Gasteiger partial charge in [0.1, 0.15) is 3.53 Å². The van der Waals surface area contributed by atoms with Crippen LogP contribution in [0.2, 0.25) is 18.1 Å². The van der Waals surface area contributed by atoms with E-state index in [2.05, 4.69) is 39.2 Å². The number of thioether (sulfide) groups is 2. The van der Waals surface area contributed by atoms with Gasteiger partial charge < -0.3 is 9.74 Å². The molecular weight excluding hydrogens is 411 g/mol. The maximum absolute atomic E-state index is 12.1. The molecule has 4 nitrogen and oxygen atoms in total. The molecule has 5 atom stereocenters. The molecule has 0 aromatic heterocycles.